The molecule has 0 spiro atoms. The van der Waals surface area contributed by atoms with Crippen LogP contribution in [0.15, 0.2) is 0 Å². The first-order chi connectivity index (χ1) is 5.24. The van der Waals surface area contributed by atoms with Gasteiger partial charge in [-0.1, -0.05) is 0 Å². The molecule has 64 valence electrons. The number of esters is 1. The van der Waals surface area contributed by atoms with Gasteiger partial charge in [0.05, 0.1) is 13.0 Å². The lowest BCUT2D eigenvalue weighted by atomic mass is 10.00. The van der Waals surface area contributed by atoms with Crippen molar-refractivity contribution in [2.75, 3.05) is 20.2 Å². The SMILES string of the molecule is COC(=O)[C@H]1CNC[C@@H](S)C1. The van der Waals surface area contributed by atoms with Gasteiger partial charge in [-0.2, -0.15) is 12.6 Å². The first-order valence-electron chi connectivity index (χ1n) is 3.70. The minimum atomic E-state index is -0.128. The molecule has 0 unspecified atom stereocenters. The van der Waals surface area contributed by atoms with Gasteiger partial charge >= 0.3 is 5.97 Å². The number of carbonyl (C=O) groups is 1. The van der Waals surface area contributed by atoms with E-state index >= 15 is 0 Å². The number of piperidine rings is 1. The minimum absolute atomic E-state index is 0.00347. The Morgan fingerprint density at radius 2 is 2.36 bits per heavy atom. The van der Waals surface area contributed by atoms with Gasteiger partial charge in [-0.05, 0) is 6.42 Å². The fourth-order valence-electron chi connectivity index (χ4n) is 1.27. The van der Waals surface area contributed by atoms with Crippen molar-refractivity contribution < 1.29 is 9.53 Å². The van der Waals surface area contributed by atoms with Gasteiger partial charge in [-0.3, -0.25) is 4.79 Å². The van der Waals surface area contributed by atoms with Gasteiger partial charge in [0.1, 0.15) is 0 Å². The summed E-state index contributed by atoms with van der Waals surface area (Å²) in [5, 5.41) is 3.41. The maximum Gasteiger partial charge on any atom is 0.309 e. The summed E-state index contributed by atoms with van der Waals surface area (Å²) in [5.41, 5.74) is 0. The highest BCUT2D eigenvalue weighted by Crippen LogP contribution is 2.15. The van der Waals surface area contributed by atoms with Crippen LogP contribution in [0.3, 0.4) is 0 Å². The zero-order valence-corrected chi connectivity index (χ0v) is 7.43. The molecule has 0 saturated carbocycles. The lowest BCUT2D eigenvalue weighted by molar-refractivity contribution is -0.145. The van der Waals surface area contributed by atoms with E-state index in [0.717, 1.165) is 19.5 Å². The second-order valence-electron chi connectivity index (χ2n) is 2.77. The summed E-state index contributed by atoms with van der Waals surface area (Å²) in [7, 11) is 1.42. The number of nitrogens with one attached hydrogen (secondary N) is 1. The molecule has 0 radical (unpaired) electrons. The molecule has 2 atom stereocenters. The highest BCUT2D eigenvalue weighted by Gasteiger charge is 2.25. The summed E-state index contributed by atoms with van der Waals surface area (Å²) < 4.78 is 4.63. The topological polar surface area (TPSA) is 38.3 Å². The predicted octanol–water partition coefficient (Wildman–Crippen LogP) is 0.0673. The smallest absolute Gasteiger partial charge is 0.309 e. The molecule has 1 saturated heterocycles. The fourth-order valence-corrected chi connectivity index (χ4v) is 1.65. The predicted molar refractivity (Wildman–Crippen MR) is 45.8 cm³/mol. The minimum Gasteiger partial charge on any atom is -0.469 e. The van der Waals surface area contributed by atoms with Crippen molar-refractivity contribution in [1.82, 2.24) is 5.32 Å². The number of ether oxygens (including phenoxy) is 1. The van der Waals surface area contributed by atoms with E-state index in [1.807, 2.05) is 0 Å². The molecule has 1 fully saturated rings. The van der Waals surface area contributed by atoms with Crippen LogP contribution < -0.4 is 5.32 Å². The van der Waals surface area contributed by atoms with Crippen LogP contribution in [0.25, 0.3) is 0 Å². The van der Waals surface area contributed by atoms with Crippen LogP contribution in [0.5, 0.6) is 0 Å². The highest BCUT2D eigenvalue weighted by atomic mass is 32.1. The summed E-state index contributed by atoms with van der Waals surface area (Å²) in [6.45, 7) is 1.61. The van der Waals surface area contributed by atoms with Crippen molar-refractivity contribution in [2.45, 2.75) is 11.7 Å². The molecule has 1 aliphatic rings. The average Bonchev–Trinajstić information content (AvgIpc) is 2.03. The van der Waals surface area contributed by atoms with E-state index in [2.05, 4.69) is 22.7 Å². The number of carbonyl (C=O) groups excluding carboxylic acids is 1. The number of hydrogen-bond donors (Lipinski definition) is 2. The fraction of sp³-hybridized carbons (Fsp3) is 0.857. The normalized spacial score (nSPS) is 31.5. The summed E-state index contributed by atoms with van der Waals surface area (Å²) in [5.74, 6) is -0.132. The Morgan fingerprint density at radius 3 is 2.91 bits per heavy atom. The molecule has 1 N–H and O–H groups in total. The third kappa shape index (κ3) is 2.38. The molecule has 0 amide bonds. The van der Waals surface area contributed by atoms with Crippen LogP contribution >= 0.6 is 12.6 Å². The van der Waals surface area contributed by atoms with Gasteiger partial charge in [-0.15, -0.1) is 0 Å². The van der Waals surface area contributed by atoms with E-state index < -0.39 is 0 Å². The second-order valence-corrected chi connectivity index (χ2v) is 3.50. The van der Waals surface area contributed by atoms with E-state index in [-0.39, 0.29) is 17.1 Å². The van der Waals surface area contributed by atoms with E-state index in [0.29, 0.717) is 0 Å². The summed E-state index contributed by atoms with van der Waals surface area (Å²) >= 11 is 4.28. The van der Waals surface area contributed by atoms with Crippen molar-refractivity contribution in [3.05, 3.63) is 0 Å². The molecule has 0 aliphatic carbocycles. The van der Waals surface area contributed by atoms with Crippen LogP contribution in [0, 0.1) is 5.92 Å². The first kappa shape index (κ1) is 8.87. The lowest BCUT2D eigenvalue weighted by Gasteiger charge is -2.24. The Bertz CT molecular complexity index is 151. The molecule has 0 aromatic rings. The van der Waals surface area contributed by atoms with E-state index in [1.165, 1.54) is 7.11 Å². The maximum atomic E-state index is 11.0. The highest BCUT2D eigenvalue weighted by molar-refractivity contribution is 7.81. The van der Waals surface area contributed by atoms with Crippen LogP contribution in [-0.2, 0) is 9.53 Å². The zero-order valence-electron chi connectivity index (χ0n) is 6.54. The van der Waals surface area contributed by atoms with Crippen LogP contribution in [0.4, 0.5) is 0 Å². The molecule has 1 rings (SSSR count). The van der Waals surface area contributed by atoms with E-state index in [4.69, 9.17) is 0 Å². The average molecular weight is 175 g/mol. The Labute approximate surface area is 71.9 Å². The maximum absolute atomic E-state index is 11.0. The summed E-state index contributed by atoms with van der Waals surface area (Å²) in [6, 6.07) is 0. The molecular formula is C7H13NO2S. The number of methoxy groups -OCH3 is 1. The summed E-state index contributed by atoms with van der Waals surface area (Å²) in [4.78, 5) is 11.0. The van der Waals surface area contributed by atoms with Crippen molar-refractivity contribution in [1.29, 1.82) is 0 Å². The van der Waals surface area contributed by atoms with Crippen LogP contribution in [0.1, 0.15) is 6.42 Å². The molecular weight excluding hydrogens is 162 g/mol. The Balaban J connectivity index is 2.39. The number of hydrogen-bond acceptors (Lipinski definition) is 4. The van der Waals surface area contributed by atoms with Crippen molar-refractivity contribution in [2.24, 2.45) is 5.92 Å². The number of thiol groups is 1. The van der Waals surface area contributed by atoms with E-state index in [9.17, 15) is 4.79 Å². The Kier molecular flexibility index (Phi) is 3.20. The molecule has 0 bridgehead atoms. The monoisotopic (exact) mass is 175 g/mol. The molecule has 3 nitrogen and oxygen atoms in total. The molecule has 0 aromatic heterocycles. The Morgan fingerprint density at radius 1 is 1.64 bits per heavy atom. The van der Waals surface area contributed by atoms with Crippen LogP contribution in [-0.4, -0.2) is 31.4 Å². The molecule has 4 heteroatoms. The van der Waals surface area contributed by atoms with Gasteiger partial charge in [0.2, 0.25) is 0 Å². The van der Waals surface area contributed by atoms with Crippen molar-refractivity contribution >= 4 is 18.6 Å². The van der Waals surface area contributed by atoms with Gasteiger partial charge in [0.15, 0.2) is 0 Å². The van der Waals surface area contributed by atoms with Crippen LogP contribution in [0.2, 0.25) is 0 Å². The van der Waals surface area contributed by atoms with E-state index in [1.54, 1.807) is 0 Å². The second kappa shape index (κ2) is 3.97. The van der Waals surface area contributed by atoms with Gasteiger partial charge in [-0.25, -0.2) is 0 Å². The standard InChI is InChI=1S/C7H13NO2S/c1-10-7(9)5-2-6(11)4-8-3-5/h5-6,8,11H,2-4H2,1H3/t5-,6+/m1/s1. The largest absolute Gasteiger partial charge is 0.469 e. The third-order valence-electron chi connectivity index (χ3n) is 1.86. The zero-order chi connectivity index (χ0) is 8.27. The van der Waals surface area contributed by atoms with Gasteiger partial charge < -0.3 is 10.1 Å². The van der Waals surface area contributed by atoms with Gasteiger partial charge in [0, 0.05) is 18.3 Å². The quantitative estimate of drug-likeness (QED) is 0.437. The third-order valence-corrected chi connectivity index (χ3v) is 2.26. The van der Waals surface area contributed by atoms with Gasteiger partial charge in [0.25, 0.3) is 0 Å². The molecule has 0 aromatic carbocycles. The Hall–Kier alpha value is -0.220. The first-order valence-corrected chi connectivity index (χ1v) is 4.22. The van der Waals surface area contributed by atoms with Crippen molar-refractivity contribution in [3.63, 3.8) is 0 Å². The van der Waals surface area contributed by atoms with Crippen molar-refractivity contribution in [3.8, 4) is 0 Å². The molecule has 11 heavy (non-hydrogen) atoms. The molecule has 1 heterocycles. The molecule has 1 aliphatic heterocycles. The lowest BCUT2D eigenvalue weighted by Crippen LogP contribution is -2.40. The number of rotatable bonds is 1. The summed E-state index contributed by atoms with van der Waals surface area (Å²) in [6.07, 6.45) is 0.822.